The predicted molar refractivity (Wildman–Crippen MR) is 54.5 cm³/mol. The molecule has 1 unspecified atom stereocenters. The summed E-state index contributed by atoms with van der Waals surface area (Å²) in [5, 5.41) is 8.56. The van der Waals surface area contributed by atoms with Crippen LogP contribution in [0.4, 0.5) is 0 Å². The predicted octanol–water partition coefficient (Wildman–Crippen LogP) is 0.681. The molecular weight excluding hydrogens is 162 g/mol. The van der Waals surface area contributed by atoms with Crippen LogP contribution in [0.15, 0.2) is 0 Å². The summed E-state index contributed by atoms with van der Waals surface area (Å²) in [6.07, 6.45) is 4.20. The molecule has 2 aliphatic rings. The third-order valence-electron chi connectivity index (χ3n) is 3.16. The first-order chi connectivity index (χ1) is 6.38. The van der Waals surface area contributed by atoms with Gasteiger partial charge in [0.05, 0.1) is 0 Å². The van der Waals surface area contributed by atoms with Gasteiger partial charge in [-0.05, 0) is 19.8 Å². The first kappa shape index (κ1) is 9.44. The second-order valence-electron chi connectivity index (χ2n) is 4.23. The van der Waals surface area contributed by atoms with E-state index in [1.165, 1.54) is 38.9 Å². The standard InChI is InChI=1S/C10H21N3/c1-10-9-11-5-8-13(10)12-6-3-2-4-7-12/h10-11H,2-9H2,1H3. The molecule has 0 aliphatic carbocycles. The highest BCUT2D eigenvalue weighted by Gasteiger charge is 2.24. The van der Waals surface area contributed by atoms with E-state index in [2.05, 4.69) is 22.3 Å². The average molecular weight is 183 g/mol. The van der Waals surface area contributed by atoms with E-state index in [4.69, 9.17) is 0 Å². The van der Waals surface area contributed by atoms with Crippen molar-refractivity contribution in [1.29, 1.82) is 0 Å². The Kier molecular flexibility index (Phi) is 3.19. The van der Waals surface area contributed by atoms with Crippen molar-refractivity contribution in [2.24, 2.45) is 0 Å². The summed E-state index contributed by atoms with van der Waals surface area (Å²) in [7, 11) is 0. The number of piperidine rings is 1. The van der Waals surface area contributed by atoms with Crippen molar-refractivity contribution < 1.29 is 0 Å². The molecule has 2 rings (SSSR count). The fraction of sp³-hybridized carbons (Fsp3) is 1.00. The van der Waals surface area contributed by atoms with Crippen LogP contribution in [-0.2, 0) is 0 Å². The summed E-state index contributed by atoms with van der Waals surface area (Å²) in [6.45, 7) is 8.38. The SMILES string of the molecule is CC1CNCCN1N1CCCCC1. The lowest BCUT2D eigenvalue weighted by molar-refractivity contribution is -0.0772. The molecule has 0 amide bonds. The van der Waals surface area contributed by atoms with Gasteiger partial charge in [-0.1, -0.05) is 6.42 Å². The van der Waals surface area contributed by atoms with E-state index in [-0.39, 0.29) is 0 Å². The van der Waals surface area contributed by atoms with Gasteiger partial charge in [0.25, 0.3) is 0 Å². The Labute approximate surface area is 81.1 Å². The van der Waals surface area contributed by atoms with Crippen molar-refractivity contribution in [3.05, 3.63) is 0 Å². The van der Waals surface area contributed by atoms with E-state index >= 15 is 0 Å². The van der Waals surface area contributed by atoms with Gasteiger partial charge in [0, 0.05) is 38.8 Å². The average Bonchev–Trinajstić information content (AvgIpc) is 2.20. The van der Waals surface area contributed by atoms with Crippen LogP contribution in [0.5, 0.6) is 0 Å². The Morgan fingerprint density at radius 1 is 1.08 bits per heavy atom. The molecule has 0 spiro atoms. The summed E-state index contributed by atoms with van der Waals surface area (Å²) < 4.78 is 0. The van der Waals surface area contributed by atoms with Crippen LogP contribution < -0.4 is 5.32 Å². The third kappa shape index (κ3) is 2.22. The van der Waals surface area contributed by atoms with Crippen LogP contribution in [0.1, 0.15) is 26.2 Å². The fourth-order valence-corrected chi connectivity index (χ4v) is 2.38. The second kappa shape index (κ2) is 4.40. The van der Waals surface area contributed by atoms with Crippen LogP contribution in [0, 0.1) is 0 Å². The van der Waals surface area contributed by atoms with Gasteiger partial charge in [-0.15, -0.1) is 0 Å². The van der Waals surface area contributed by atoms with Gasteiger partial charge in [-0.25, -0.2) is 10.0 Å². The van der Waals surface area contributed by atoms with Crippen molar-refractivity contribution in [3.8, 4) is 0 Å². The van der Waals surface area contributed by atoms with E-state index < -0.39 is 0 Å². The molecule has 0 aromatic heterocycles. The first-order valence-electron chi connectivity index (χ1n) is 5.60. The van der Waals surface area contributed by atoms with Crippen LogP contribution in [0.2, 0.25) is 0 Å². The van der Waals surface area contributed by atoms with Gasteiger partial charge < -0.3 is 5.32 Å². The fourth-order valence-electron chi connectivity index (χ4n) is 2.38. The van der Waals surface area contributed by atoms with Crippen molar-refractivity contribution in [2.75, 3.05) is 32.7 Å². The van der Waals surface area contributed by atoms with Crippen molar-refractivity contribution in [2.45, 2.75) is 32.2 Å². The molecule has 0 bridgehead atoms. The Morgan fingerprint density at radius 2 is 1.85 bits per heavy atom. The van der Waals surface area contributed by atoms with E-state index in [0.717, 1.165) is 13.1 Å². The quantitative estimate of drug-likeness (QED) is 0.645. The van der Waals surface area contributed by atoms with Crippen LogP contribution >= 0.6 is 0 Å². The monoisotopic (exact) mass is 183 g/mol. The minimum absolute atomic E-state index is 0.687. The number of hydrogen-bond acceptors (Lipinski definition) is 3. The molecule has 0 radical (unpaired) electrons. The highest BCUT2D eigenvalue weighted by atomic mass is 15.6. The van der Waals surface area contributed by atoms with E-state index in [0.29, 0.717) is 6.04 Å². The maximum Gasteiger partial charge on any atom is 0.0342 e. The normalized spacial score (nSPS) is 33.5. The number of hydrogen-bond donors (Lipinski definition) is 1. The smallest absolute Gasteiger partial charge is 0.0342 e. The van der Waals surface area contributed by atoms with Gasteiger partial charge >= 0.3 is 0 Å². The molecule has 0 aromatic rings. The molecule has 2 saturated heterocycles. The summed E-state index contributed by atoms with van der Waals surface area (Å²) in [5.74, 6) is 0. The zero-order chi connectivity index (χ0) is 9.10. The molecule has 2 heterocycles. The maximum atomic E-state index is 3.44. The van der Waals surface area contributed by atoms with Crippen molar-refractivity contribution >= 4 is 0 Å². The van der Waals surface area contributed by atoms with Crippen molar-refractivity contribution in [3.63, 3.8) is 0 Å². The molecule has 2 aliphatic heterocycles. The van der Waals surface area contributed by atoms with E-state index in [9.17, 15) is 0 Å². The molecule has 76 valence electrons. The van der Waals surface area contributed by atoms with Crippen LogP contribution in [0.3, 0.4) is 0 Å². The number of rotatable bonds is 1. The number of hydrazine groups is 1. The largest absolute Gasteiger partial charge is 0.314 e. The molecular formula is C10H21N3. The molecule has 3 heteroatoms. The minimum Gasteiger partial charge on any atom is -0.314 e. The molecule has 1 atom stereocenters. The molecule has 2 fully saturated rings. The Bertz CT molecular complexity index is 154. The minimum atomic E-state index is 0.687. The van der Waals surface area contributed by atoms with E-state index in [1.54, 1.807) is 0 Å². The van der Waals surface area contributed by atoms with Gasteiger partial charge in [-0.3, -0.25) is 0 Å². The number of nitrogens with zero attached hydrogens (tertiary/aromatic N) is 2. The maximum absolute atomic E-state index is 3.44. The highest BCUT2D eigenvalue weighted by molar-refractivity contribution is 4.76. The van der Waals surface area contributed by atoms with Gasteiger partial charge in [0.2, 0.25) is 0 Å². The zero-order valence-electron chi connectivity index (χ0n) is 8.63. The second-order valence-corrected chi connectivity index (χ2v) is 4.23. The number of nitrogens with one attached hydrogen (secondary N) is 1. The molecule has 1 N–H and O–H groups in total. The Morgan fingerprint density at radius 3 is 2.54 bits per heavy atom. The topological polar surface area (TPSA) is 18.5 Å². The van der Waals surface area contributed by atoms with E-state index in [1.807, 2.05) is 0 Å². The Balaban J connectivity index is 1.88. The molecule has 3 nitrogen and oxygen atoms in total. The van der Waals surface area contributed by atoms with Gasteiger partial charge in [0.15, 0.2) is 0 Å². The lowest BCUT2D eigenvalue weighted by Crippen LogP contribution is -2.58. The first-order valence-corrected chi connectivity index (χ1v) is 5.60. The highest BCUT2D eigenvalue weighted by Crippen LogP contribution is 2.14. The lowest BCUT2D eigenvalue weighted by atomic mass is 10.1. The van der Waals surface area contributed by atoms with Crippen LogP contribution in [0.25, 0.3) is 0 Å². The van der Waals surface area contributed by atoms with Crippen molar-refractivity contribution in [1.82, 2.24) is 15.3 Å². The third-order valence-corrected chi connectivity index (χ3v) is 3.16. The lowest BCUT2D eigenvalue weighted by Gasteiger charge is -2.43. The molecule has 0 saturated carbocycles. The summed E-state index contributed by atoms with van der Waals surface area (Å²) in [6, 6.07) is 0.687. The molecule has 0 aromatic carbocycles. The Hall–Kier alpha value is -0.120. The molecule has 13 heavy (non-hydrogen) atoms. The summed E-state index contributed by atoms with van der Waals surface area (Å²) in [5.41, 5.74) is 0. The summed E-state index contributed by atoms with van der Waals surface area (Å²) >= 11 is 0. The zero-order valence-corrected chi connectivity index (χ0v) is 8.63. The van der Waals surface area contributed by atoms with Gasteiger partial charge in [-0.2, -0.15) is 0 Å². The van der Waals surface area contributed by atoms with Gasteiger partial charge in [0.1, 0.15) is 0 Å². The number of piperazine rings is 1. The summed E-state index contributed by atoms with van der Waals surface area (Å²) in [4.78, 5) is 0. The van der Waals surface area contributed by atoms with Crippen LogP contribution in [-0.4, -0.2) is 48.8 Å².